The van der Waals surface area contributed by atoms with Gasteiger partial charge in [0.1, 0.15) is 85.0 Å². The third-order valence-electron chi connectivity index (χ3n) is 25.7. The number of unbranched alkanes of at least 4 members (excludes halogenated alkanes) is 8. The molecule has 2 aromatic carbocycles. The summed E-state index contributed by atoms with van der Waals surface area (Å²) in [6.07, 6.45) is 53.5. The van der Waals surface area contributed by atoms with Gasteiger partial charge in [-0.25, -0.2) is 69.8 Å². The van der Waals surface area contributed by atoms with E-state index in [1.807, 2.05) is 56.3 Å². The molecule has 0 saturated carbocycles. The number of hydrogen-bond acceptors (Lipinski definition) is 32. The summed E-state index contributed by atoms with van der Waals surface area (Å²) >= 11 is 7.58. The quantitative estimate of drug-likeness (QED) is 0.0125. The lowest BCUT2D eigenvalue weighted by Gasteiger charge is -2.21. The Hall–Kier alpha value is -11.0. The number of aliphatic hydroxyl groups is 7. The van der Waals surface area contributed by atoms with E-state index in [9.17, 15) is 30.6 Å². The minimum Gasteiger partial charge on any atom is -0.396 e. The van der Waals surface area contributed by atoms with Gasteiger partial charge in [0.2, 0.25) is 0 Å². The van der Waals surface area contributed by atoms with E-state index in [1.54, 1.807) is 18.1 Å². The molecular weight excluding hydrogens is 1750 g/mol. The average Bonchev–Trinajstić information content (AvgIpc) is 1.73. The van der Waals surface area contributed by atoms with Crippen LogP contribution in [0.4, 0.5) is 40.7 Å². The minimum absolute atomic E-state index is 0.00480. The molecule has 9 aromatic rings. The SMILES string of the molecule is CCCCCCCCCCC1=CCc2c(N)ncnc21.CCCC[C@H](CO)NCC1=CCc2c(N)ncnc21.CC[C@@H](CO)CCC1=CCc2c(N)ncnc21.CC[C@@H](O)[C@@H](CO)NCC1=CCc2c(N)ncnc21.C[C@@H](CO)CCC1=CCc2c(N)ncnc21.Nc1ncnc2c1CC=C2CC[C@H](CO)c1ccccc1.Nc1ncnc2c1CC=C2CN[C@H](CO)CSc1ccc(Cl)cc1. The summed E-state index contributed by atoms with van der Waals surface area (Å²) < 4.78 is 0. The predicted molar refractivity (Wildman–Crippen MR) is 550 cm³/mol. The molecule has 0 saturated heterocycles. The van der Waals surface area contributed by atoms with Crippen LogP contribution in [-0.4, -0.2) is 195 Å². The van der Waals surface area contributed by atoms with Crippen LogP contribution in [0.3, 0.4) is 0 Å². The van der Waals surface area contributed by atoms with E-state index in [-0.39, 0.29) is 63.7 Å². The number of nitrogens with zero attached hydrogens (tertiary/aromatic N) is 14. The Morgan fingerprint density at radius 3 is 1.06 bits per heavy atom. The van der Waals surface area contributed by atoms with Crippen molar-refractivity contribution >= 4 is 103 Å². The van der Waals surface area contributed by atoms with E-state index in [0.29, 0.717) is 72.1 Å². The molecule has 7 aliphatic carbocycles. The topological polar surface area (TPSA) is 540 Å². The Kier molecular flexibility index (Phi) is 45.1. The fourth-order valence-corrected chi connectivity index (χ4v) is 18.1. The highest BCUT2D eigenvalue weighted by atomic mass is 35.5. The van der Waals surface area contributed by atoms with Crippen LogP contribution in [0, 0.1) is 11.8 Å². The zero-order valence-electron chi connectivity index (χ0n) is 79.7. The number of fused-ring (bicyclic) bond motifs is 7. The summed E-state index contributed by atoms with van der Waals surface area (Å²) in [6, 6.07) is 17.7. The third kappa shape index (κ3) is 31.5. The summed E-state index contributed by atoms with van der Waals surface area (Å²) in [5.41, 5.74) is 64.5. The van der Waals surface area contributed by atoms with E-state index >= 15 is 0 Å². The highest BCUT2D eigenvalue weighted by molar-refractivity contribution is 7.99. The first-order valence-corrected chi connectivity index (χ1v) is 49.5. The highest BCUT2D eigenvalue weighted by Gasteiger charge is 2.28. The van der Waals surface area contributed by atoms with Crippen LogP contribution < -0.4 is 56.1 Å². The molecule has 16 rings (SSSR count). The van der Waals surface area contributed by atoms with Gasteiger partial charge in [0, 0.05) is 112 Å². The number of anilines is 7. The standard InChI is InChI=1S/C17H19ClN4OS.C17H19N3O.C17H27N3.C14H22N4O.C13H20N4O2.C13H19N3O.C12H17N3O/c18-12-2-4-14(5-3-12)24-9-13(8-23)20-7-11-1-6-15-16(11)21-10-22-17(15)19;18-17-15-9-8-13(16(15)19-11-20-17)6-7-14(10-21)12-4-2-1-3-5-12;1-2-3-4-5-6-7-8-9-10-14-11-12-15-16(14)19-13-20-17(15)18;1-2-3-4-11(8-19)16-7-10-5-6-12-13(10)17-9-18-14(12)15;1-2-11(19)10(6-18)15-5-8-3-4-9-12(8)16-7-17-13(9)14;1-2-9(7-17)3-4-10-5-6-11-12(10)15-8-16-13(11)14;1-8(6-16)2-3-9-4-5-10-11(9)14-7-15-12(10)13/h1-5,10,13,20,23H,6-9H2,(H2,19,21,22);1-5,8,11,14,21H,6-7,9-10H2,(H2,18,19,20);11,13H,2-10,12H2,1H3,(H2,18,19,20);5,9,11,16,19H,2-4,6-8H2,1H3,(H2,15,17,18);3,7,10-11,15,18-19H,2,4-6H2,1H3,(H2,14,16,17);5,8-9,17H,2-4,6-7H2,1H3,(H2,14,15,16);4,7-8,16H,2-3,5-6H2,1H3,(H2,13,14,15)/t13-;14-;;11-;10-,11-;9-;8-/m11.1111/s1. The van der Waals surface area contributed by atoms with E-state index in [1.165, 1.54) is 117 Å². The van der Waals surface area contributed by atoms with Crippen LogP contribution in [-0.2, 0) is 44.9 Å². The van der Waals surface area contributed by atoms with E-state index < -0.39 is 6.10 Å². The Morgan fingerprint density at radius 1 is 0.346 bits per heavy atom. The van der Waals surface area contributed by atoms with Gasteiger partial charge in [-0.2, -0.15) is 0 Å². The summed E-state index contributed by atoms with van der Waals surface area (Å²) in [5, 5.41) is 76.4. The van der Waals surface area contributed by atoms with E-state index in [2.05, 4.69) is 161 Å². The van der Waals surface area contributed by atoms with Gasteiger partial charge in [-0.05, 0) is 190 Å². The summed E-state index contributed by atoms with van der Waals surface area (Å²) in [6.45, 7) is 13.2. The minimum atomic E-state index is -0.554. The molecule has 0 unspecified atom stereocenters. The molecular formula is C103H143ClN24O7S. The molecule has 0 amide bonds. The summed E-state index contributed by atoms with van der Waals surface area (Å²) in [4.78, 5) is 59.5. The second-order valence-electron chi connectivity index (χ2n) is 35.1. The van der Waals surface area contributed by atoms with Crippen LogP contribution in [0.15, 0.2) is 146 Å². The van der Waals surface area contributed by atoms with E-state index in [0.717, 1.165) is 233 Å². The number of nitrogen functional groups attached to an aromatic ring is 7. The Bertz CT molecular complexity index is 5470. The number of allylic oxidation sites excluding steroid dienone is 11. The van der Waals surface area contributed by atoms with Gasteiger partial charge >= 0.3 is 0 Å². The molecule has 24 N–H and O–H groups in total. The molecule has 136 heavy (non-hydrogen) atoms. The van der Waals surface area contributed by atoms with Gasteiger partial charge in [0.05, 0.1) is 71.8 Å². The molecule has 7 heterocycles. The van der Waals surface area contributed by atoms with Crippen molar-refractivity contribution in [3.05, 3.63) is 231 Å². The molecule has 7 aromatic heterocycles. The van der Waals surface area contributed by atoms with Gasteiger partial charge < -0.3 is 91.8 Å². The van der Waals surface area contributed by atoms with Crippen molar-refractivity contribution in [2.75, 3.05) is 105 Å². The van der Waals surface area contributed by atoms with Crippen molar-refractivity contribution in [3.63, 3.8) is 0 Å². The van der Waals surface area contributed by atoms with Crippen LogP contribution in [0.25, 0.3) is 39.0 Å². The first-order chi connectivity index (χ1) is 66.2. The molecule has 7 atom stereocenters. The zero-order chi connectivity index (χ0) is 97.1. The largest absolute Gasteiger partial charge is 0.396 e. The maximum absolute atomic E-state index is 9.74. The molecule has 0 spiro atoms. The molecule has 33 heteroatoms. The Morgan fingerprint density at radius 2 is 0.699 bits per heavy atom. The van der Waals surface area contributed by atoms with Gasteiger partial charge in [-0.3, -0.25) is 0 Å². The number of nitrogens with two attached hydrogens (primary N) is 7. The Labute approximate surface area is 810 Å². The molecule has 730 valence electrons. The number of nitrogens with one attached hydrogen (secondary N) is 3. The number of rotatable bonds is 43. The van der Waals surface area contributed by atoms with E-state index in [4.69, 9.17) is 56.8 Å². The van der Waals surface area contributed by atoms with Crippen LogP contribution in [0.1, 0.15) is 253 Å². The van der Waals surface area contributed by atoms with Crippen molar-refractivity contribution in [1.29, 1.82) is 0 Å². The number of benzene rings is 2. The number of aliphatic hydroxyl groups excluding tert-OH is 7. The molecule has 7 aliphatic rings. The smallest absolute Gasteiger partial charge is 0.130 e. The first-order valence-electron chi connectivity index (χ1n) is 48.2. The molecule has 31 nitrogen and oxygen atoms in total. The fourth-order valence-electron chi connectivity index (χ4n) is 17.0. The summed E-state index contributed by atoms with van der Waals surface area (Å²) in [5.74, 6) is 5.70. The lowest BCUT2D eigenvalue weighted by molar-refractivity contribution is 0.0893. The van der Waals surface area contributed by atoms with Crippen molar-refractivity contribution in [1.82, 2.24) is 85.7 Å². The number of halogens is 1. The van der Waals surface area contributed by atoms with Gasteiger partial charge in [-0.1, -0.05) is 183 Å². The lowest BCUT2D eigenvalue weighted by Crippen LogP contribution is -2.43. The predicted octanol–water partition coefficient (Wildman–Crippen LogP) is 13.5. The second kappa shape index (κ2) is 57.3. The van der Waals surface area contributed by atoms with Crippen molar-refractivity contribution in [2.24, 2.45) is 11.8 Å². The normalized spacial score (nSPS) is 15.0. The lowest BCUT2D eigenvalue weighted by atomic mass is 9.92. The fraction of sp³-hybridized carbons (Fsp3) is 0.476. The monoisotopic (exact) mass is 1900 g/mol. The maximum atomic E-state index is 9.74. The van der Waals surface area contributed by atoms with Crippen LogP contribution in [0.2, 0.25) is 5.02 Å². The molecule has 0 aliphatic heterocycles. The average molecular weight is 1900 g/mol. The molecule has 0 fully saturated rings. The molecule has 0 radical (unpaired) electrons. The molecule has 0 bridgehead atoms. The van der Waals surface area contributed by atoms with Crippen LogP contribution in [0.5, 0.6) is 0 Å². The number of hydrogen-bond donors (Lipinski definition) is 17. The summed E-state index contributed by atoms with van der Waals surface area (Å²) in [7, 11) is 0. The van der Waals surface area contributed by atoms with Crippen molar-refractivity contribution in [3.8, 4) is 0 Å². The van der Waals surface area contributed by atoms with Gasteiger partial charge in [0.15, 0.2) is 0 Å². The highest BCUT2D eigenvalue weighted by Crippen LogP contribution is 2.39. The third-order valence-corrected chi connectivity index (χ3v) is 27.1. The zero-order valence-corrected chi connectivity index (χ0v) is 81.3. The number of thioether (sulfide) groups is 1. The maximum Gasteiger partial charge on any atom is 0.130 e. The number of aromatic nitrogens is 14. The van der Waals surface area contributed by atoms with Crippen molar-refractivity contribution in [2.45, 2.75) is 243 Å². The first kappa shape index (κ1) is 107. The van der Waals surface area contributed by atoms with Gasteiger partial charge in [0.25, 0.3) is 0 Å². The van der Waals surface area contributed by atoms with Crippen molar-refractivity contribution < 1.29 is 35.7 Å². The van der Waals surface area contributed by atoms with Crippen LogP contribution >= 0.6 is 23.4 Å². The second-order valence-corrected chi connectivity index (χ2v) is 36.6. The Balaban J connectivity index is 0.000000165. The van der Waals surface area contributed by atoms with Gasteiger partial charge in [-0.15, -0.1) is 11.8 Å².